The molecule has 1 amide bonds. The normalized spacial score (nSPS) is 20.7. The monoisotopic (exact) mass is 277 g/mol. The zero-order valence-electron chi connectivity index (χ0n) is 11.4. The topological polar surface area (TPSA) is 56.8 Å². The zero-order chi connectivity index (χ0) is 13.8. The lowest BCUT2D eigenvalue weighted by atomic mass is 10.1. The molecule has 0 spiro atoms. The number of hydrogen-bond acceptors (Lipinski definition) is 4. The Morgan fingerprint density at radius 3 is 3.00 bits per heavy atom. The molecule has 20 heavy (non-hydrogen) atoms. The van der Waals surface area contributed by atoms with E-state index in [4.69, 9.17) is 14.2 Å². The molecule has 1 saturated heterocycles. The highest BCUT2D eigenvalue weighted by molar-refractivity contribution is 5.80. The van der Waals surface area contributed by atoms with E-state index in [1.807, 2.05) is 18.2 Å². The van der Waals surface area contributed by atoms with Gasteiger partial charge in [-0.15, -0.1) is 0 Å². The second kappa shape index (κ2) is 6.13. The maximum absolute atomic E-state index is 11.9. The van der Waals surface area contributed by atoms with Crippen LogP contribution in [0.3, 0.4) is 0 Å². The molecule has 2 heterocycles. The number of benzene rings is 1. The summed E-state index contributed by atoms with van der Waals surface area (Å²) in [4.78, 5) is 11.9. The van der Waals surface area contributed by atoms with Crippen molar-refractivity contribution in [2.75, 3.05) is 19.9 Å². The third kappa shape index (κ3) is 3.04. The summed E-state index contributed by atoms with van der Waals surface area (Å²) in [7, 11) is 0. The van der Waals surface area contributed by atoms with Crippen molar-refractivity contribution in [1.82, 2.24) is 5.32 Å². The molecule has 5 heteroatoms. The van der Waals surface area contributed by atoms with E-state index in [1.165, 1.54) is 0 Å². The average Bonchev–Trinajstić information content (AvgIpc) is 2.95. The number of fused-ring (bicyclic) bond motifs is 1. The van der Waals surface area contributed by atoms with Crippen LogP contribution in [0, 0.1) is 0 Å². The van der Waals surface area contributed by atoms with E-state index in [-0.39, 0.29) is 18.8 Å². The largest absolute Gasteiger partial charge is 0.454 e. The van der Waals surface area contributed by atoms with Gasteiger partial charge in [-0.3, -0.25) is 4.79 Å². The number of carbonyl (C=O) groups excluding carboxylic acids is 1. The van der Waals surface area contributed by atoms with Crippen LogP contribution in [0.2, 0.25) is 0 Å². The molecule has 0 saturated carbocycles. The van der Waals surface area contributed by atoms with Crippen LogP contribution in [0.15, 0.2) is 18.2 Å². The van der Waals surface area contributed by atoms with Crippen LogP contribution in [0.5, 0.6) is 11.5 Å². The Bertz CT molecular complexity index is 483. The van der Waals surface area contributed by atoms with Crippen molar-refractivity contribution >= 4 is 5.91 Å². The molecule has 0 aliphatic carbocycles. The van der Waals surface area contributed by atoms with Crippen molar-refractivity contribution in [2.45, 2.75) is 31.8 Å². The van der Waals surface area contributed by atoms with Gasteiger partial charge in [0.1, 0.15) is 6.10 Å². The SMILES string of the molecule is O=C(NCCc1ccc2c(c1)OCO2)C1CCCCO1. The lowest BCUT2D eigenvalue weighted by Crippen LogP contribution is -2.39. The maximum atomic E-state index is 11.9. The van der Waals surface area contributed by atoms with Crippen molar-refractivity contribution in [3.05, 3.63) is 23.8 Å². The Morgan fingerprint density at radius 1 is 1.25 bits per heavy atom. The van der Waals surface area contributed by atoms with Crippen LogP contribution in [-0.2, 0) is 16.0 Å². The minimum absolute atomic E-state index is 0.00504. The Hall–Kier alpha value is -1.75. The van der Waals surface area contributed by atoms with Gasteiger partial charge in [-0.1, -0.05) is 6.07 Å². The van der Waals surface area contributed by atoms with Crippen molar-refractivity contribution in [3.8, 4) is 11.5 Å². The number of nitrogens with one attached hydrogen (secondary N) is 1. The van der Waals surface area contributed by atoms with E-state index in [9.17, 15) is 4.79 Å². The summed E-state index contributed by atoms with van der Waals surface area (Å²) in [6, 6.07) is 5.87. The van der Waals surface area contributed by atoms with Gasteiger partial charge < -0.3 is 19.5 Å². The second-order valence-corrected chi connectivity index (χ2v) is 5.08. The summed E-state index contributed by atoms with van der Waals surface area (Å²) < 4.78 is 16.1. The van der Waals surface area contributed by atoms with Gasteiger partial charge in [0.05, 0.1) is 0 Å². The molecular formula is C15H19NO4. The molecule has 1 fully saturated rings. The van der Waals surface area contributed by atoms with Gasteiger partial charge in [-0.25, -0.2) is 0 Å². The fraction of sp³-hybridized carbons (Fsp3) is 0.533. The van der Waals surface area contributed by atoms with Crippen molar-refractivity contribution in [2.24, 2.45) is 0 Å². The Balaban J connectivity index is 1.46. The molecule has 5 nitrogen and oxygen atoms in total. The molecule has 2 aliphatic heterocycles. The van der Waals surface area contributed by atoms with Crippen LogP contribution in [-0.4, -0.2) is 32.0 Å². The van der Waals surface area contributed by atoms with E-state index in [0.29, 0.717) is 13.2 Å². The quantitative estimate of drug-likeness (QED) is 0.909. The van der Waals surface area contributed by atoms with Gasteiger partial charge in [-0.2, -0.15) is 0 Å². The van der Waals surface area contributed by atoms with Crippen LogP contribution in [0.1, 0.15) is 24.8 Å². The van der Waals surface area contributed by atoms with Gasteiger partial charge in [0.25, 0.3) is 0 Å². The third-order valence-electron chi connectivity index (χ3n) is 3.62. The van der Waals surface area contributed by atoms with E-state index in [2.05, 4.69) is 5.32 Å². The minimum Gasteiger partial charge on any atom is -0.454 e. The zero-order valence-corrected chi connectivity index (χ0v) is 11.4. The van der Waals surface area contributed by atoms with Crippen molar-refractivity contribution in [1.29, 1.82) is 0 Å². The predicted octanol–water partition coefficient (Wildman–Crippen LogP) is 1.64. The van der Waals surface area contributed by atoms with Gasteiger partial charge in [0.2, 0.25) is 12.7 Å². The first-order chi connectivity index (χ1) is 9.83. The van der Waals surface area contributed by atoms with Gasteiger partial charge in [0.15, 0.2) is 11.5 Å². The van der Waals surface area contributed by atoms with Gasteiger partial charge >= 0.3 is 0 Å². The van der Waals surface area contributed by atoms with Crippen LogP contribution in [0.25, 0.3) is 0 Å². The summed E-state index contributed by atoms with van der Waals surface area (Å²) in [6.45, 7) is 1.59. The summed E-state index contributed by atoms with van der Waals surface area (Å²) in [5.74, 6) is 1.57. The first kappa shape index (κ1) is 13.2. The fourth-order valence-corrected chi connectivity index (χ4v) is 2.49. The van der Waals surface area contributed by atoms with Gasteiger partial charge in [-0.05, 0) is 43.4 Å². The average molecular weight is 277 g/mol. The number of carbonyl (C=O) groups is 1. The van der Waals surface area contributed by atoms with Crippen LogP contribution in [0.4, 0.5) is 0 Å². The minimum atomic E-state index is -0.263. The van der Waals surface area contributed by atoms with E-state index < -0.39 is 0 Å². The summed E-state index contributed by atoms with van der Waals surface area (Å²) >= 11 is 0. The molecule has 1 atom stereocenters. The molecule has 1 aromatic rings. The van der Waals surface area contributed by atoms with E-state index in [1.54, 1.807) is 0 Å². The Morgan fingerprint density at radius 2 is 2.15 bits per heavy atom. The highest BCUT2D eigenvalue weighted by atomic mass is 16.7. The molecule has 0 bridgehead atoms. The van der Waals surface area contributed by atoms with Gasteiger partial charge in [0, 0.05) is 13.2 Å². The molecular weight excluding hydrogens is 258 g/mol. The lowest BCUT2D eigenvalue weighted by molar-refractivity contribution is -0.135. The van der Waals surface area contributed by atoms with E-state index in [0.717, 1.165) is 42.7 Å². The van der Waals surface area contributed by atoms with Crippen molar-refractivity contribution in [3.63, 3.8) is 0 Å². The van der Waals surface area contributed by atoms with Crippen LogP contribution < -0.4 is 14.8 Å². The number of rotatable bonds is 4. The smallest absolute Gasteiger partial charge is 0.249 e. The molecule has 1 unspecified atom stereocenters. The molecule has 1 N–H and O–H groups in total. The summed E-state index contributed by atoms with van der Waals surface area (Å²) in [5.41, 5.74) is 1.12. The summed E-state index contributed by atoms with van der Waals surface area (Å²) in [5, 5.41) is 2.93. The standard InChI is InChI=1S/C15H19NO4/c17-15(13-3-1-2-8-18-13)16-7-6-11-4-5-12-14(9-11)20-10-19-12/h4-5,9,13H,1-3,6-8,10H2,(H,16,17). The highest BCUT2D eigenvalue weighted by Gasteiger charge is 2.21. The van der Waals surface area contributed by atoms with Crippen LogP contribution >= 0.6 is 0 Å². The maximum Gasteiger partial charge on any atom is 0.249 e. The highest BCUT2D eigenvalue weighted by Crippen LogP contribution is 2.32. The molecule has 108 valence electrons. The lowest BCUT2D eigenvalue weighted by Gasteiger charge is -2.21. The molecule has 0 aromatic heterocycles. The number of hydrogen-bond donors (Lipinski definition) is 1. The fourth-order valence-electron chi connectivity index (χ4n) is 2.49. The molecule has 0 radical (unpaired) electrons. The second-order valence-electron chi connectivity index (χ2n) is 5.08. The third-order valence-corrected chi connectivity index (χ3v) is 3.62. The molecule has 1 aromatic carbocycles. The van der Waals surface area contributed by atoms with Crippen molar-refractivity contribution < 1.29 is 19.0 Å². The molecule has 3 rings (SSSR count). The first-order valence-electron chi connectivity index (χ1n) is 7.11. The Kier molecular flexibility index (Phi) is 4.06. The Labute approximate surface area is 118 Å². The molecule has 2 aliphatic rings. The number of amides is 1. The predicted molar refractivity (Wildman–Crippen MR) is 72.9 cm³/mol. The van der Waals surface area contributed by atoms with E-state index >= 15 is 0 Å². The summed E-state index contributed by atoms with van der Waals surface area (Å²) in [6.07, 6.45) is 3.46. The first-order valence-corrected chi connectivity index (χ1v) is 7.11. The number of ether oxygens (including phenoxy) is 3.